The molecule has 1 fully saturated rings. The lowest BCUT2D eigenvalue weighted by molar-refractivity contribution is 0.0697. The number of carboxylic acid groups (broad SMARTS) is 1. The van der Waals surface area contributed by atoms with Gasteiger partial charge >= 0.3 is 5.97 Å². The molecule has 0 saturated heterocycles. The second kappa shape index (κ2) is 4.87. The molecule has 0 amide bonds. The molecule has 0 aliphatic heterocycles. The SMILES string of the molecule is Cn1cc2c(n1)c1cc(C(=O)O)ccc1n2C1CCCCC1. The van der Waals surface area contributed by atoms with Crippen LogP contribution in [-0.4, -0.2) is 25.4 Å². The van der Waals surface area contributed by atoms with Gasteiger partial charge in [-0.15, -0.1) is 0 Å². The van der Waals surface area contributed by atoms with E-state index in [9.17, 15) is 9.90 Å². The van der Waals surface area contributed by atoms with Crippen molar-refractivity contribution in [2.24, 2.45) is 7.05 Å². The van der Waals surface area contributed by atoms with Crippen LogP contribution in [0.3, 0.4) is 0 Å². The second-order valence-electron chi connectivity index (χ2n) is 6.24. The molecule has 5 nitrogen and oxygen atoms in total. The molecule has 0 unspecified atom stereocenters. The minimum absolute atomic E-state index is 0.320. The minimum atomic E-state index is -0.892. The van der Waals surface area contributed by atoms with Crippen LogP contribution < -0.4 is 0 Å². The number of aromatic carboxylic acids is 1. The van der Waals surface area contributed by atoms with Crippen molar-refractivity contribution in [1.29, 1.82) is 0 Å². The van der Waals surface area contributed by atoms with Gasteiger partial charge in [0.25, 0.3) is 0 Å². The Labute approximate surface area is 128 Å². The zero-order valence-electron chi connectivity index (χ0n) is 12.6. The molecule has 1 saturated carbocycles. The van der Waals surface area contributed by atoms with E-state index in [4.69, 9.17) is 0 Å². The molecule has 0 bridgehead atoms. The molecule has 0 radical (unpaired) electrons. The van der Waals surface area contributed by atoms with Gasteiger partial charge in [0.05, 0.1) is 16.6 Å². The summed E-state index contributed by atoms with van der Waals surface area (Å²) in [6.07, 6.45) is 8.26. The fraction of sp³-hybridized carbons (Fsp3) is 0.412. The molecule has 3 aromatic rings. The van der Waals surface area contributed by atoms with Crippen LogP contribution in [0.5, 0.6) is 0 Å². The molecular formula is C17H19N3O2. The molecule has 114 valence electrons. The minimum Gasteiger partial charge on any atom is -0.478 e. The van der Waals surface area contributed by atoms with Gasteiger partial charge in [-0.25, -0.2) is 4.79 Å². The fourth-order valence-corrected chi connectivity index (χ4v) is 3.78. The van der Waals surface area contributed by atoms with Crippen LogP contribution in [0.1, 0.15) is 48.5 Å². The zero-order valence-corrected chi connectivity index (χ0v) is 12.6. The zero-order chi connectivity index (χ0) is 15.3. The van der Waals surface area contributed by atoms with Crippen LogP contribution in [0, 0.1) is 0 Å². The first-order valence-corrected chi connectivity index (χ1v) is 7.86. The number of hydrogen-bond acceptors (Lipinski definition) is 2. The summed E-state index contributed by atoms with van der Waals surface area (Å²) in [5.74, 6) is -0.892. The van der Waals surface area contributed by atoms with Gasteiger partial charge in [0.2, 0.25) is 0 Å². The number of fused-ring (bicyclic) bond motifs is 3. The summed E-state index contributed by atoms with van der Waals surface area (Å²) >= 11 is 0. The van der Waals surface area contributed by atoms with Crippen molar-refractivity contribution in [3.8, 4) is 0 Å². The van der Waals surface area contributed by atoms with Crippen molar-refractivity contribution >= 4 is 27.9 Å². The molecule has 2 heterocycles. The molecule has 2 aromatic heterocycles. The van der Waals surface area contributed by atoms with Gasteiger partial charge in [-0.1, -0.05) is 19.3 Å². The fourth-order valence-electron chi connectivity index (χ4n) is 3.78. The number of nitrogens with zero attached hydrogens (tertiary/aromatic N) is 3. The highest BCUT2D eigenvalue weighted by Crippen LogP contribution is 2.37. The molecule has 0 spiro atoms. The smallest absolute Gasteiger partial charge is 0.335 e. The van der Waals surface area contributed by atoms with E-state index in [1.165, 1.54) is 32.1 Å². The van der Waals surface area contributed by atoms with Gasteiger partial charge in [0.15, 0.2) is 0 Å². The van der Waals surface area contributed by atoms with Crippen LogP contribution >= 0.6 is 0 Å². The van der Waals surface area contributed by atoms with E-state index in [-0.39, 0.29) is 0 Å². The summed E-state index contributed by atoms with van der Waals surface area (Å²) in [6.45, 7) is 0. The quantitative estimate of drug-likeness (QED) is 0.784. The number of rotatable bonds is 2. The largest absolute Gasteiger partial charge is 0.478 e. The van der Waals surface area contributed by atoms with Crippen molar-refractivity contribution < 1.29 is 9.90 Å². The van der Waals surface area contributed by atoms with E-state index in [0.29, 0.717) is 11.6 Å². The summed E-state index contributed by atoms with van der Waals surface area (Å²) in [4.78, 5) is 11.3. The monoisotopic (exact) mass is 297 g/mol. The van der Waals surface area contributed by atoms with Crippen molar-refractivity contribution in [3.63, 3.8) is 0 Å². The first-order chi connectivity index (χ1) is 10.6. The maximum atomic E-state index is 11.3. The summed E-state index contributed by atoms with van der Waals surface area (Å²) in [7, 11) is 1.91. The molecular weight excluding hydrogens is 278 g/mol. The predicted octanol–water partition coefficient (Wildman–Crippen LogP) is 3.73. The van der Waals surface area contributed by atoms with Crippen molar-refractivity contribution in [3.05, 3.63) is 30.0 Å². The molecule has 1 aromatic carbocycles. The molecule has 22 heavy (non-hydrogen) atoms. The third-order valence-corrected chi connectivity index (χ3v) is 4.77. The number of carboxylic acids is 1. The summed E-state index contributed by atoms with van der Waals surface area (Å²) in [6, 6.07) is 5.89. The Morgan fingerprint density at radius 1 is 1.23 bits per heavy atom. The van der Waals surface area contributed by atoms with E-state index in [2.05, 4.69) is 9.67 Å². The van der Waals surface area contributed by atoms with Crippen LogP contribution in [0.4, 0.5) is 0 Å². The van der Waals surface area contributed by atoms with Crippen molar-refractivity contribution in [2.45, 2.75) is 38.1 Å². The highest BCUT2D eigenvalue weighted by Gasteiger charge is 2.22. The van der Waals surface area contributed by atoms with Gasteiger partial charge in [-0.05, 0) is 31.0 Å². The second-order valence-corrected chi connectivity index (χ2v) is 6.24. The maximum absolute atomic E-state index is 11.3. The first-order valence-electron chi connectivity index (χ1n) is 7.86. The van der Waals surface area contributed by atoms with Gasteiger partial charge in [0, 0.05) is 24.7 Å². The maximum Gasteiger partial charge on any atom is 0.335 e. The molecule has 1 aliphatic rings. The molecule has 1 N–H and O–H groups in total. The van der Waals surface area contributed by atoms with E-state index < -0.39 is 5.97 Å². The lowest BCUT2D eigenvalue weighted by Crippen LogP contribution is -2.12. The number of aromatic nitrogens is 3. The van der Waals surface area contributed by atoms with Crippen molar-refractivity contribution in [1.82, 2.24) is 14.3 Å². The Kier molecular flexibility index (Phi) is 2.96. The number of benzene rings is 1. The normalized spacial score (nSPS) is 16.6. The lowest BCUT2D eigenvalue weighted by Gasteiger charge is -2.24. The first kappa shape index (κ1) is 13.4. The van der Waals surface area contributed by atoms with E-state index >= 15 is 0 Å². The Hall–Kier alpha value is -2.30. The average Bonchev–Trinajstić information content (AvgIpc) is 3.02. The summed E-state index contributed by atoms with van der Waals surface area (Å²) in [5, 5.41) is 14.8. The van der Waals surface area contributed by atoms with E-state index in [1.54, 1.807) is 12.1 Å². The van der Waals surface area contributed by atoms with E-state index in [1.807, 2.05) is 24.0 Å². The highest BCUT2D eigenvalue weighted by atomic mass is 16.4. The van der Waals surface area contributed by atoms with Crippen LogP contribution in [0.15, 0.2) is 24.4 Å². The molecule has 1 aliphatic carbocycles. The third kappa shape index (κ3) is 1.92. The Morgan fingerprint density at radius 2 is 2.00 bits per heavy atom. The number of aryl methyl sites for hydroxylation is 1. The Bertz CT molecular complexity index is 869. The lowest BCUT2D eigenvalue weighted by atomic mass is 9.95. The van der Waals surface area contributed by atoms with Gasteiger partial charge < -0.3 is 9.67 Å². The van der Waals surface area contributed by atoms with Gasteiger partial charge in [-0.2, -0.15) is 5.10 Å². The van der Waals surface area contributed by atoms with Gasteiger partial charge in [0.1, 0.15) is 5.52 Å². The molecule has 4 rings (SSSR count). The van der Waals surface area contributed by atoms with Crippen LogP contribution in [0.2, 0.25) is 0 Å². The molecule has 0 atom stereocenters. The summed E-state index contributed by atoms with van der Waals surface area (Å²) < 4.78 is 4.19. The standard InChI is InChI=1S/C17H19N3O2/c1-19-10-15-16(18-19)13-9-11(17(21)22)7-8-14(13)20(15)12-5-3-2-4-6-12/h7-10,12H,2-6H2,1H3,(H,21,22). The third-order valence-electron chi connectivity index (χ3n) is 4.77. The predicted molar refractivity (Wildman–Crippen MR) is 85.3 cm³/mol. The summed E-state index contributed by atoms with van der Waals surface area (Å²) in [5.41, 5.74) is 3.45. The average molecular weight is 297 g/mol. The highest BCUT2D eigenvalue weighted by molar-refractivity contribution is 6.08. The molecule has 5 heteroatoms. The van der Waals surface area contributed by atoms with Crippen LogP contribution in [0.25, 0.3) is 21.9 Å². The van der Waals surface area contributed by atoms with Crippen LogP contribution in [-0.2, 0) is 7.05 Å². The van der Waals surface area contributed by atoms with E-state index in [0.717, 1.165) is 21.9 Å². The topological polar surface area (TPSA) is 60.1 Å². The number of hydrogen-bond donors (Lipinski definition) is 1. The van der Waals surface area contributed by atoms with Gasteiger partial charge in [-0.3, -0.25) is 4.68 Å². The Balaban J connectivity index is 2.01. The Morgan fingerprint density at radius 3 is 2.73 bits per heavy atom. The van der Waals surface area contributed by atoms with Crippen molar-refractivity contribution in [2.75, 3.05) is 0 Å². The number of carbonyl (C=O) groups is 1.